The van der Waals surface area contributed by atoms with Crippen LogP contribution in [0.15, 0.2) is 0 Å². The van der Waals surface area contributed by atoms with Gasteiger partial charge in [0, 0.05) is 13.2 Å². The van der Waals surface area contributed by atoms with E-state index < -0.39 is 0 Å². The zero-order chi connectivity index (χ0) is 11.8. The SMILES string of the molecule is CCCCOCCOC(=O)C1CNCC1C. The van der Waals surface area contributed by atoms with Gasteiger partial charge in [-0.3, -0.25) is 4.79 Å². The zero-order valence-corrected chi connectivity index (χ0v) is 10.3. The van der Waals surface area contributed by atoms with Gasteiger partial charge in [-0.1, -0.05) is 20.3 Å². The van der Waals surface area contributed by atoms with Crippen LogP contribution in [-0.2, 0) is 14.3 Å². The third-order valence-electron chi connectivity index (χ3n) is 2.93. The molecule has 16 heavy (non-hydrogen) atoms. The molecule has 0 aliphatic carbocycles. The summed E-state index contributed by atoms with van der Waals surface area (Å²) in [5, 5.41) is 3.19. The summed E-state index contributed by atoms with van der Waals surface area (Å²) in [4.78, 5) is 11.6. The van der Waals surface area contributed by atoms with Crippen molar-refractivity contribution < 1.29 is 14.3 Å². The summed E-state index contributed by atoms with van der Waals surface area (Å²) in [6.45, 7) is 7.51. The number of hydrogen-bond donors (Lipinski definition) is 1. The summed E-state index contributed by atoms with van der Waals surface area (Å²) < 4.78 is 10.5. The molecule has 0 aromatic heterocycles. The third kappa shape index (κ3) is 4.49. The Labute approximate surface area is 97.7 Å². The lowest BCUT2D eigenvalue weighted by atomic mass is 9.99. The molecule has 0 saturated carbocycles. The van der Waals surface area contributed by atoms with Crippen LogP contribution in [0.5, 0.6) is 0 Å². The average molecular weight is 229 g/mol. The number of carbonyl (C=O) groups excluding carboxylic acids is 1. The van der Waals surface area contributed by atoms with Crippen molar-refractivity contribution >= 4 is 5.97 Å². The summed E-state index contributed by atoms with van der Waals surface area (Å²) in [6.07, 6.45) is 2.20. The van der Waals surface area contributed by atoms with Crippen LogP contribution in [0.1, 0.15) is 26.7 Å². The Morgan fingerprint density at radius 3 is 2.75 bits per heavy atom. The molecule has 0 amide bonds. The van der Waals surface area contributed by atoms with Crippen molar-refractivity contribution in [3.63, 3.8) is 0 Å². The first-order chi connectivity index (χ1) is 7.75. The van der Waals surface area contributed by atoms with Crippen LogP contribution in [0.2, 0.25) is 0 Å². The number of carbonyl (C=O) groups is 1. The van der Waals surface area contributed by atoms with Crippen LogP contribution in [0.4, 0.5) is 0 Å². The quantitative estimate of drug-likeness (QED) is 0.526. The molecule has 0 aromatic carbocycles. The largest absolute Gasteiger partial charge is 0.463 e. The number of unbranched alkanes of at least 4 members (excludes halogenated alkanes) is 1. The van der Waals surface area contributed by atoms with E-state index in [1.54, 1.807) is 0 Å². The van der Waals surface area contributed by atoms with Crippen molar-refractivity contribution in [3.05, 3.63) is 0 Å². The Bertz CT molecular complexity index is 208. The average Bonchev–Trinajstić information content (AvgIpc) is 2.69. The van der Waals surface area contributed by atoms with Crippen LogP contribution in [0.3, 0.4) is 0 Å². The van der Waals surface area contributed by atoms with E-state index in [4.69, 9.17) is 9.47 Å². The predicted octanol–water partition coefficient (Wildman–Crippen LogP) is 1.20. The highest BCUT2D eigenvalue weighted by Gasteiger charge is 2.30. The Morgan fingerprint density at radius 1 is 1.31 bits per heavy atom. The van der Waals surface area contributed by atoms with E-state index in [0.717, 1.165) is 32.5 Å². The summed E-state index contributed by atoms with van der Waals surface area (Å²) in [7, 11) is 0. The number of hydrogen-bond acceptors (Lipinski definition) is 4. The normalized spacial score (nSPS) is 24.6. The summed E-state index contributed by atoms with van der Waals surface area (Å²) in [6, 6.07) is 0. The first-order valence-electron chi connectivity index (χ1n) is 6.20. The number of esters is 1. The maximum Gasteiger partial charge on any atom is 0.310 e. The highest BCUT2D eigenvalue weighted by atomic mass is 16.6. The highest BCUT2D eigenvalue weighted by Crippen LogP contribution is 2.16. The van der Waals surface area contributed by atoms with Gasteiger partial charge in [-0.05, 0) is 18.9 Å². The van der Waals surface area contributed by atoms with Gasteiger partial charge in [0.25, 0.3) is 0 Å². The van der Waals surface area contributed by atoms with Crippen molar-refractivity contribution in [1.29, 1.82) is 0 Å². The molecule has 1 aliphatic heterocycles. The van der Waals surface area contributed by atoms with Gasteiger partial charge in [-0.15, -0.1) is 0 Å². The van der Waals surface area contributed by atoms with E-state index in [2.05, 4.69) is 19.2 Å². The first-order valence-corrected chi connectivity index (χ1v) is 6.20. The van der Waals surface area contributed by atoms with Crippen LogP contribution >= 0.6 is 0 Å². The fraction of sp³-hybridized carbons (Fsp3) is 0.917. The van der Waals surface area contributed by atoms with Gasteiger partial charge < -0.3 is 14.8 Å². The Balaban J connectivity index is 2.02. The lowest BCUT2D eigenvalue weighted by molar-refractivity contribution is -0.150. The molecule has 0 spiro atoms. The molecular formula is C12H23NO3. The minimum atomic E-state index is -0.0865. The first kappa shape index (κ1) is 13.5. The molecule has 1 saturated heterocycles. The van der Waals surface area contributed by atoms with Gasteiger partial charge in [0.2, 0.25) is 0 Å². The minimum absolute atomic E-state index is 0.0237. The van der Waals surface area contributed by atoms with Gasteiger partial charge in [-0.25, -0.2) is 0 Å². The van der Waals surface area contributed by atoms with Gasteiger partial charge in [0.05, 0.1) is 12.5 Å². The monoisotopic (exact) mass is 229 g/mol. The summed E-state index contributed by atoms with van der Waals surface area (Å²) >= 11 is 0. The van der Waals surface area contributed by atoms with E-state index in [9.17, 15) is 4.79 Å². The molecule has 4 heteroatoms. The van der Waals surface area contributed by atoms with Crippen LogP contribution in [-0.4, -0.2) is 38.9 Å². The summed E-state index contributed by atoms with van der Waals surface area (Å²) in [5.41, 5.74) is 0. The lowest BCUT2D eigenvalue weighted by Gasteiger charge is -2.13. The van der Waals surface area contributed by atoms with Gasteiger partial charge in [-0.2, -0.15) is 0 Å². The standard InChI is InChI=1S/C12H23NO3/c1-3-4-5-15-6-7-16-12(14)11-9-13-8-10(11)2/h10-11,13H,3-9H2,1-2H3. The molecule has 94 valence electrons. The van der Waals surface area contributed by atoms with E-state index >= 15 is 0 Å². The fourth-order valence-corrected chi connectivity index (χ4v) is 1.78. The molecule has 0 bridgehead atoms. The Kier molecular flexibility index (Phi) is 6.42. The van der Waals surface area contributed by atoms with Crippen molar-refractivity contribution in [2.24, 2.45) is 11.8 Å². The van der Waals surface area contributed by atoms with Crippen molar-refractivity contribution in [2.75, 3.05) is 32.9 Å². The van der Waals surface area contributed by atoms with Crippen LogP contribution in [0.25, 0.3) is 0 Å². The lowest BCUT2D eigenvalue weighted by Crippen LogP contribution is -2.25. The second kappa shape index (κ2) is 7.63. The molecule has 1 aliphatic rings. The molecule has 1 heterocycles. The predicted molar refractivity (Wildman–Crippen MR) is 62.2 cm³/mol. The summed E-state index contributed by atoms with van der Waals surface area (Å²) in [5.74, 6) is 0.320. The molecule has 2 unspecified atom stereocenters. The van der Waals surface area contributed by atoms with E-state index in [0.29, 0.717) is 19.1 Å². The maximum absolute atomic E-state index is 11.6. The molecule has 0 radical (unpaired) electrons. The fourth-order valence-electron chi connectivity index (χ4n) is 1.78. The van der Waals surface area contributed by atoms with Gasteiger partial charge >= 0.3 is 5.97 Å². The smallest absolute Gasteiger partial charge is 0.310 e. The van der Waals surface area contributed by atoms with Gasteiger partial charge in [0.15, 0.2) is 0 Å². The Hall–Kier alpha value is -0.610. The molecule has 0 aromatic rings. The van der Waals surface area contributed by atoms with Gasteiger partial charge in [0.1, 0.15) is 6.61 Å². The van der Waals surface area contributed by atoms with Crippen LogP contribution < -0.4 is 5.32 Å². The number of ether oxygens (including phenoxy) is 2. The van der Waals surface area contributed by atoms with Crippen molar-refractivity contribution in [2.45, 2.75) is 26.7 Å². The maximum atomic E-state index is 11.6. The third-order valence-corrected chi connectivity index (χ3v) is 2.93. The second-order valence-corrected chi connectivity index (χ2v) is 4.38. The number of nitrogens with one attached hydrogen (secondary N) is 1. The van der Waals surface area contributed by atoms with E-state index in [-0.39, 0.29) is 11.9 Å². The van der Waals surface area contributed by atoms with Crippen molar-refractivity contribution in [3.8, 4) is 0 Å². The van der Waals surface area contributed by atoms with Crippen molar-refractivity contribution in [1.82, 2.24) is 5.32 Å². The Morgan fingerprint density at radius 2 is 2.12 bits per heavy atom. The van der Waals surface area contributed by atoms with E-state index in [1.165, 1.54) is 0 Å². The minimum Gasteiger partial charge on any atom is -0.463 e. The molecule has 1 rings (SSSR count). The zero-order valence-electron chi connectivity index (χ0n) is 10.3. The molecule has 4 nitrogen and oxygen atoms in total. The second-order valence-electron chi connectivity index (χ2n) is 4.38. The molecular weight excluding hydrogens is 206 g/mol. The van der Waals surface area contributed by atoms with E-state index in [1.807, 2.05) is 0 Å². The molecule has 1 fully saturated rings. The number of rotatable bonds is 7. The topological polar surface area (TPSA) is 47.6 Å². The molecule has 1 N–H and O–H groups in total. The molecule has 2 atom stereocenters. The highest BCUT2D eigenvalue weighted by molar-refractivity contribution is 5.73. The van der Waals surface area contributed by atoms with Crippen LogP contribution in [0, 0.1) is 11.8 Å².